The van der Waals surface area contributed by atoms with Crippen LogP contribution in [0.5, 0.6) is 5.75 Å². The van der Waals surface area contributed by atoms with E-state index in [2.05, 4.69) is 5.32 Å². The van der Waals surface area contributed by atoms with Crippen LogP contribution in [0.2, 0.25) is 5.02 Å². The molecule has 5 rings (SSSR count). The fourth-order valence-electron chi connectivity index (χ4n) is 4.25. The summed E-state index contributed by atoms with van der Waals surface area (Å²) in [6, 6.07) is 25.4. The number of anilines is 1. The minimum Gasteiger partial charge on any atom is -0.494 e. The normalized spacial score (nSPS) is 15.2. The van der Waals surface area contributed by atoms with Gasteiger partial charge in [0.15, 0.2) is 0 Å². The van der Waals surface area contributed by atoms with E-state index < -0.39 is 0 Å². The second kappa shape index (κ2) is 8.52. The molecule has 0 fully saturated rings. The minimum absolute atomic E-state index is 0.0476. The molecule has 1 aliphatic heterocycles. The van der Waals surface area contributed by atoms with Crippen molar-refractivity contribution in [1.29, 1.82) is 0 Å². The lowest BCUT2D eigenvalue weighted by atomic mass is 9.84. The monoisotopic (exact) mass is 443 g/mol. The van der Waals surface area contributed by atoms with Crippen molar-refractivity contribution in [2.45, 2.75) is 19.3 Å². The molecule has 3 aromatic carbocycles. The van der Waals surface area contributed by atoms with Crippen LogP contribution in [0.1, 0.15) is 30.4 Å². The molecule has 6 heteroatoms. The molecule has 0 saturated carbocycles. The van der Waals surface area contributed by atoms with Crippen LogP contribution in [0, 0.1) is 0 Å². The van der Waals surface area contributed by atoms with E-state index in [-0.39, 0.29) is 11.8 Å². The van der Waals surface area contributed by atoms with Crippen molar-refractivity contribution >= 4 is 23.3 Å². The summed E-state index contributed by atoms with van der Waals surface area (Å²) >= 11 is 6.14. The van der Waals surface area contributed by atoms with E-state index in [9.17, 15) is 4.79 Å². The van der Waals surface area contributed by atoms with Crippen LogP contribution in [0.4, 0.5) is 5.82 Å². The molecule has 0 saturated heterocycles. The van der Waals surface area contributed by atoms with Gasteiger partial charge in [-0.05, 0) is 37.3 Å². The van der Waals surface area contributed by atoms with Crippen LogP contribution in [0.15, 0.2) is 78.9 Å². The zero-order valence-electron chi connectivity index (χ0n) is 17.6. The third-order valence-corrected chi connectivity index (χ3v) is 5.88. The molecule has 2 heterocycles. The van der Waals surface area contributed by atoms with Gasteiger partial charge in [-0.2, -0.15) is 5.10 Å². The van der Waals surface area contributed by atoms with Gasteiger partial charge in [0.2, 0.25) is 5.91 Å². The summed E-state index contributed by atoms with van der Waals surface area (Å²) in [6.07, 6.45) is 0.318. The number of hydrogen-bond donors (Lipinski definition) is 1. The van der Waals surface area contributed by atoms with E-state index in [1.54, 1.807) is 0 Å². The number of hydrogen-bond acceptors (Lipinski definition) is 3. The highest BCUT2D eigenvalue weighted by Gasteiger charge is 2.35. The number of aromatic nitrogens is 2. The van der Waals surface area contributed by atoms with Gasteiger partial charge in [-0.25, -0.2) is 4.68 Å². The van der Waals surface area contributed by atoms with E-state index in [4.69, 9.17) is 21.4 Å². The van der Waals surface area contributed by atoms with E-state index in [0.717, 1.165) is 33.8 Å². The molecule has 5 nitrogen and oxygen atoms in total. The number of halogens is 1. The third kappa shape index (κ3) is 3.65. The Hall–Kier alpha value is -3.57. The van der Waals surface area contributed by atoms with Gasteiger partial charge in [0.25, 0.3) is 0 Å². The predicted octanol–water partition coefficient (Wildman–Crippen LogP) is 6.07. The van der Waals surface area contributed by atoms with Gasteiger partial charge in [0, 0.05) is 34.1 Å². The Labute approximate surface area is 191 Å². The van der Waals surface area contributed by atoms with Crippen molar-refractivity contribution in [2.24, 2.45) is 0 Å². The molecular weight excluding hydrogens is 422 g/mol. The zero-order chi connectivity index (χ0) is 22.1. The largest absolute Gasteiger partial charge is 0.494 e. The summed E-state index contributed by atoms with van der Waals surface area (Å²) in [6.45, 7) is 2.51. The maximum absolute atomic E-state index is 12.8. The number of ether oxygens (including phenoxy) is 1. The SMILES string of the molecule is CCOc1ccccc1C1CC(=O)Nc2c1c(-c1ccc(Cl)cc1)nn2-c1ccccc1. The summed E-state index contributed by atoms with van der Waals surface area (Å²) < 4.78 is 7.73. The van der Waals surface area contributed by atoms with Gasteiger partial charge in [-0.3, -0.25) is 4.79 Å². The van der Waals surface area contributed by atoms with Crippen LogP contribution in [0.25, 0.3) is 16.9 Å². The Morgan fingerprint density at radius 2 is 1.75 bits per heavy atom. The third-order valence-electron chi connectivity index (χ3n) is 5.63. The molecule has 32 heavy (non-hydrogen) atoms. The summed E-state index contributed by atoms with van der Waals surface area (Å²) in [4.78, 5) is 12.8. The first kappa shape index (κ1) is 20.3. The summed E-state index contributed by atoms with van der Waals surface area (Å²) in [5, 5.41) is 8.70. The molecule has 1 N–H and O–H groups in total. The van der Waals surface area contributed by atoms with E-state index >= 15 is 0 Å². The Morgan fingerprint density at radius 1 is 1.03 bits per heavy atom. The highest BCUT2D eigenvalue weighted by Crippen LogP contribution is 2.46. The lowest BCUT2D eigenvalue weighted by Gasteiger charge is -2.26. The molecule has 1 atom stereocenters. The van der Waals surface area contributed by atoms with Crippen molar-refractivity contribution in [1.82, 2.24) is 9.78 Å². The van der Waals surface area contributed by atoms with E-state index in [1.807, 2.05) is 90.5 Å². The molecule has 160 valence electrons. The second-order valence-corrected chi connectivity index (χ2v) is 8.08. The number of benzene rings is 3. The lowest BCUT2D eigenvalue weighted by Crippen LogP contribution is -2.25. The van der Waals surface area contributed by atoms with Crippen molar-refractivity contribution in [3.63, 3.8) is 0 Å². The number of carbonyl (C=O) groups is 1. The number of nitrogens with one attached hydrogen (secondary N) is 1. The van der Waals surface area contributed by atoms with Gasteiger partial charge in [0.05, 0.1) is 18.0 Å². The van der Waals surface area contributed by atoms with Gasteiger partial charge in [-0.1, -0.05) is 60.1 Å². The van der Waals surface area contributed by atoms with Crippen LogP contribution < -0.4 is 10.1 Å². The highest BCUT2D eigenvalue weighted by atomic mass is 35.5. The first-order chi connectivity index (χ1) is 15.7. The Bertz CT molecular complexity index is 1270. The molecule has 1 unspecified atom stereocenters. The minimum atomic E-state index is -0.190. The maximum Gasteiger partial charge on any atom is 0.226 e. The molecule has 0 spiro atoms. The summed E-state index contributed by atoms with van der Waals surface area (Å²) in [5.74, 6) is 1.24. The van der Waals surface area contributed by atoms with Gasteiger partial charge < -0.3 is 10.1 Å². The standard InChI is InChI=1S/C26H22ClN3O2/c1-2-32-22-11-7-6-10-20(22)21-16-23(31)28-26-24(21)25(17-12-14-18(27)15-13-17)29-30(26)19-8-4-3-5-9-19/h3-15,21H,2,16H2,1H3,(H,28,31). The van der Waals surface area contributed by atoms with Gasteiger partial charge >= 0.3 is 0 Å². The van der Waals surface area contributed by atoms with Gasteiger partial charge in [0.1, 0.15) is 11.6 Å². The molecule has 1 amide bonds. The Kier molecular flexibility index (Phi) is 5.41. The van der Waals surface area contributed by atoms with Crippen LogP contribution >= 0.6 is 11.6 Å². The molecule has 0 radical (unpaired) electrons. The smallest absolute Gasteiger partial charge is 0.226 e. The first-order valence-corrected chi connectivity index (χ1v) is 11.0. The summed E-state index contributed by atoms with van der Waals surface area (Å²) in [7, 11) is 0. The van der Waals surface area contributed by atoms with Crippen LogP contribution in [-0.4, -0.2) is 22.3 Å². The molecular formula is C26H22ClN3O2. The molecule has 0 bridgehead atoms. The quantitative estimate of drug-likeness (QED) is 0.407. The van der Waals surface area contributed by atoms with Crippen LogP contribution in [0.3, 0.4) is 0 Å². The topological polar surface area (TPSA) is 56.1 Å². The Morgan fingerprint density at radius 3 is 2.50 bits per heavy atom. The molecule has 4 aromatic rings. The van der Waals surface area contributed by atoms with E-state index in [0.29, 0.717) is 23.9 Å². The zero-order valence-corrected chi connectivity index (χ0v) is 18.3. The van der Waals surface area contributed by atoms with Gasteiger partial charge in [-0.15, -0.1) is 0 Å². The van der Waals surface area contributed by atoms with Crippen molar-refractivity contribution < 1.29 is 9.53 Å². The Balaban J connectivity index is 1.77. The molecule has 1 aromatic heterocycles. The number of rotatable bonds is 5. The molecule has 0 aliphatic carbocycles. The predicted molar refractivity (Wildman–Crippen MR) is 127 cm³/mol. The highest BCUT2D eigenvalue weighted by molar-refractivity contribution is 6.30. The van der Waals surface area contributed by atoms with Crippen LogP contribution in [-0.2, 0) is 4.79 Å². The average molecular weight is 444 g/mol. The number of para-hydroxylation sites is 2. The first-order valence-electron chi connectivity index (χ1n) is 10.6. The summed E-state index contributed by atoms with van der Waals surface area (Å²) in [5.41, 5.74) is 4.59. The fourth-order valence-corrected chi connectivity index (χ4v) is 4.37. The molecule has 1 aliphatic rings. The van der Waals surface area contributed by atoms with Crippen molar-refractivity contribution in [3.8, 4) is 22.7 Å². The maximum atomic E-state index is 12.8. The van der Waals surface area contributed by atoms with Crippen molar-refractivity contribution in [3.05, 3.63) is 95.0 Å². The second-order valence-electron chi connectivity index (χ2n) is 7.64. The van der Waals surface area contributed by atoms with E-state index in [1.165, 1.54) is 0 Å². The number of fused-ring (bicyclic) bond motifs is 1. The van der Waals surface area contributed by atoms with Crippen molar-refractivity contribution in [2.75, 3.05) is 11.9 Å². The fraction of sp³-hybridized carbons (Fsp3) is 0.154. The number of carbonyl (C=O) groups excluding carboxylic acids is 1. The lowest BCUT2D eigenvalue weighted by molar-refractivity contribution is -0.116. The number of nitrogens with zero attached hydrogens (tertiary/aromatic N) is 2. The number of amides is 1. The average Bonchev–Trinajstić information content (AvgIpc) is 3.19.